The number of rotatable bonds is 10. The summed E-state index contributed by atoms with van der Waals surface area (Å²) in [6.07, 6.45) is -1.64. The van der Waals surface area contributed by atoms with Crippen LogP contribution in [0.4, 0.5) is 5.95 Å². The zero-order valence-electron chi connectivity index (χ0n) is 13.9. The Kier molecular flexibility index (Phi) is 7.84. The smallest absolute Gasteiger partial charge is 0.435 e. The van der Waals surface area contributed by atoms with Gasteiger partial charge in [0.25, 0.3) is 0 Å². The number of hydrogen-bond acceptors (Lipinski definition) is 10. The van der Waals surface area contributed by atoms with Crippen LogP contribution < -0.4 is 5.32 Å². The highest BCUT2D eigenvalue weighted by Gasteiger charge is 2.29. The highest BCUT2D eigenvalue weighted by Crippen LogP contribution is 2.08. The van der Waals surface area contributed by atoms with E-state index in [9.17, 15) is 19.7 Å². The summed E-state index contributed by atoms with van der Waals surface area (Å²) in [6, 6.07) is 0. The van der Waals surface area contributed by atoms with E-state index in [1.807, 2.05) is 0 Å². The molecule has 1 amide bonds. The van der Waals surface area contributed by atoms with Crippen LogP contribution in [0.1, 0.15) is 24.5 Å². The zero-order chi connectivity index (χ0) is 19.0. The zero-order valence-corrected chi connectivity index (χ0v) is 13.9. The van der Waals surface area contributed by atoms with Crippen LogP contribution in [-0.4, -0.2) is 69.5 Å². The Balaban J connectivity index is 2.87. The van der Waals surface area contributed by atoms with Gasteiger partial charge in [0, 0.05) is 12.2 Å². The number of carbonyl (C=O) groups is 2. The van der Waals surface area contributed by atoms with E-state index in [0.717, 1.165) is 4.68 Å². The maximum atomic E-state index is 12.1. The summed E-state index contributed by atoms with van der Waals surface area (Å²) in [5.41, 5.74) is 0. The van der Waals surface area contributed by atoms with Gasteiger partial charge in [0.2, 0.25) is 0 Å². The number of amides is 1. The maximum absolute atomic E-state index is 12.1. The first-order chi connectivity index (χ1) is 11.8. The predicted octanol–water partition coefficient (Wildman–Crippen LogP) is -1.19. The second kappa shape index (κ2) is 9.61. The van der Waals surface area contributed by atoms with Gasteiger partial charge in [0.1, 0.15) is 6.23 Å². The number of nitrogens with one attached hydrogen (secondary N) is 1. The van der Waals surface area contributed by atoms with Crippen LogP contribution in [0, 0.1) is 10.1 Å². The lowest BCUT2D eigenvalue weighted by molar-refractivity contribution is -0.394. The molecule has 1 aromatic heterocycles. The fraction of sp³-hybridized carbons (Fsp3) is 0.667. The highest BCUT2D eigenvalue weighted by molar-refractivity contribution is 5.91. The van der Waals surface area contributed by atoms with Gasteiger partial charge in [-0.25, -0.2) is 4.79 Å². The van der Waals surface area contributed by atoms with Gasteiger partial charge < -0.3 is 34.7 Å². The van der Waals surface area contributed by atoms with Gasteiger partial charge in [0.05, 0.1) is 13.2 Å². The molecule has 0 fully saturated rings. The summed E-state index contributed by atoms with van der Waals surface area (Å²) in [5.74, 6) is -2.96. The SMILES string of the molecule is COC(C)NC(=O)c1nc([N+](=O)[O-])nn1CC(=O)OC(C)OCCO. The molecule has 1 rings (SSSR count). The summed E-state index contributed by atoms with van der Waals surface area (Å²) < 4.78 is 15.4. The van der Waals surface area contributed by atoms with E-state index in [0.29, 0.717) is 0 Å². The van der Waals surface area contributed by atoms with Crippen molar-refractivity contribution in [2.24, 2.45) is 0 Å². The molecule has 25 heavy (non-hydrogen) atoms. The Hall–Kier alpha value is -2.64. The van der Waals surface area contributed by atoms with E-state index in [4.69, 9.17) is 19.3 Å². The summed E-state index contributed by atoms with van der Waals surface area (Å²) in [7, 11) is 1.35. The number of esters is 1. The summed E-state index contributed by atoms with van der Waals surface area (Å²) in [4.78, 5) is 37.3. The quantitative estimate of drug-likeness (QED) is 0.223. The molecule has 2 N–H and O–H groups in total. The minimum atomic E-state index is -0.955. The second-order valence-electron chi connectivity index (χ2n) is 4.65. The topological polar surface area (TPSA) is 168 Å². The molecule has 0 radical (unpaired) electrons. The molecule has 0 aromatic carbocycles. The molecule has 0 bridgehead atoms. The Morgan fingerprint density at radius 2 is 2.12 bits per heavy atom. The van der Waals surface area contributed by atoms with Crippen molar-refractivity contribution in [2.45, 2.75) is 32.9 Å². The maximum Gasteiger partial charge on any atom is 0.491 e. The molecule has 0 saturated heterocycles. The van der Waals surface area contributed by atoms with Gasteiger partial charge >= 0.3 is 23.6 Å². The molecule has 13 heteroatoms. The van der Waals surface area contributed by atoms with Crippen LogP contribution in [0.15, 0.2) is 0 Å². The second-order valence-corrected chi connectivity index (χ2v) is 4.65. The molecular formula is C12H19N5O8. The van der Waals surface area contributed by atoms with Crippen molar-refractivity contribution >= 4 is 17.8 Å². The van der Waals surface area contributed by atoms with E-state index in [1.54, 1.807) is 0 Å². The Bertz CT molecular complexity index is 619. The summed E-state index contributed by atoms with van der Waals surface area (Å²) in [5, 5.41) is 25.3. The van der Waals surface area contributed by atoms with Gasteiger partial charge in [-0.3, -0.25) is 4.79 Å². The molecule has 0 saturated carbocycles. The average molecular weight is 361 g/mol. The van der Waals surface area contributed by atoms with Gasteiger partial charge in [-0.05, 0) is 23.8 Å². The number of carbonyl (C=O) groups excluding carboxylic acids is 2. The monoisotopic (exact) mass is 361 g/mol. The lowest BCUT2D eigenvalue weighted by atomic mass is 10.5. The first kappa shape index (κ1) is 20.4. The van der Waals surface area contributed by atoms with Crippen molar-refractivity contribution in [3.63, 3.8) is 0 Å². The minimum absolute atomic E-state index is 0.0359. The van der Waals surface area contributed by atoms with Crippen molar-refractivity contribution in [3.8, 4) is 0 Å². The molecule has 140 valence electrons. The first-order valence-corrected chi connectivity index (χ1v) is 7.13. The lowest BCUT2D eigenvalue weighted by Crippen LogP contribution is -2.36. The van der Waals surface area contributed by atoms with Crippen molar-refractivity contribution in [3.05, 3.63) is 15.9 Å². The van der Waals surface area contributed by atoms with E-state index >= 15 is 0 Å². The third kappa shape index (κ3) is 6.40. The largest absolute Gasteiger partial charge is 0.491 e. The first-order valence-electron chi connectivity index (χ1n) is 7.13. The predicted molar refractivity (Wildman–Crippen MR) is 79.2 cm³/mol. The highest BCUT2D eigenvalue weighted by atomic mass is 16.7. The van der Waals surface area contributed by atoms with Crippen LogP contribution >= 0.6 is 0 Å². The van der Waals surface area contributed by atoms with Crippen LogP contribution in [0.5, 0.6) is 0 Å². The van der Waals surface area contributed by atoms with E-state index in [1.165, 1.54) is 21.0 Å². The molecule has 0 aliphatic heterocycles. The van der Waals surface area contributed by atoms with Gasteiger partial charge in [0.15, 0.2) is 12.8 Å². The van der Waals surface area contributed by atoms with Crippen LogP contribution in [-0.2, 0) is 25.5 Å². The minimum Gasteiger partial charge on any atom is -0.435 e. The molecule has 1 heterocycles. The van der Waals surface area contributed by atoms with Crippen molar-refractivity contribution < 1.29 is 33.8 Å². The van der Waals surface area contributed by atoms with Crippen LogP contribution in [0.3, 0.4) is 0 Å². The van der Waals surface area contributed by atoms with Gasteiger partial charge in [-0.2, -0.15) is 4.68 Å². The molecule has 0 aliphatic carbocycles. The van der Waals surface area contributed by atoms with Crippen molar-refractivity contribution in [1.82, 2.24) is 20.1 Å². The van der Waals surface area contributed by atoms with Crippen LogP contribution in [0.2, 0.25) is 0 Å². The summed E-state index contributed by atoms with van der Waals surface area (Å²) in [6.45, 7) is 2.06. The third-order valence-electron chi connectivity index (χ3n) is 2.73. The number of aromatic nitrogens is 3. The van der Waals surface area contributed by atoms with E-state index in [-0.39, 0.29) is 13.2 Å². The van der Waals surface area contributed by atoms with E-state index < -0.39 is 47.6 Å². The fourth-order valence-electron chi connectivity index (χ4n) is 1.59. The molecule has 13 nitrogen and oxygen atoms in total. The summed E-state index contributed by atoms with van der Waals surface area (Å²) >= 11 is 0. The standard InChI is InChI=1S/C12H19N5O8/c1-7(23-3)13-11(20)10-14-12(17(21)22)15-16(10)6-9(19)25-8(2)24-5-4-18/h7-8,18H,4-6H2,1-3H3,(H,13,20). The number of hydrogen-bond donors (Lipinski definition) is 2. The van der Waals surface area contributed by atoms with Crippen molar-refractivity contribution in [1.29, 1.82) is 0 Å². The number of aliphatic hydroxyl groups excluding tert-OH is 1. The Morgan fingerprint density at radius 3 is 2.68 bits per heavy atom. The Morgan fingerprint density at radius 1 is 1.44 bits per heavy atom. The third-order valence-corrected chi connectivity index (χ3v) is 2.73. The Labute approximate surface area is 142 Å². The molecule has 1 aromatic rings. The normalized spacial score (nSPS) is 13.1. The van der Waals surface area contributed by atoms with Crippen LogP contribution in [0.25, 0.3) is 0 Å². The van der Waals surface area contributed by atoms with Gasteiger partial charge in [-0.1, -0.05) is 0 Å². The number of ether oxygens (including phenoxy) is 3. The number of aliphatic hydroxyl groups is 1. The van der Waals surface area contributed by atoms with Gasteiger partial charge in [-0.15, -0.1) is 0 Å². The number of methoxy groups -OCH3 is 1. The van der Waals surface area contributed by atoms with E-state index in [2.05, 4.69) is 15.4 Å². The molecular weight excluding hydrogens is 342 g/mol. The molecule has 2 unspecified atom stereocenters. The molecule has 0 spiro atoms. The van der Waals surface area contributed by atoms with Crippen molar-refractivity contribution in [2.75, 3.05) is 20.3 Å². The average Bonchev–Trinajstić information content (AvgIpc) is 2.96. The fourth-order valence-corrected chi connectivity index (χ4v) is 1.59. The molecule has 2 atom stereocenters. The lowest BCUT2D eigenvalue weighted by Gasteiger charge is -2.13. The number of nitrogens with zero attached hydrogens (tertiary/aromatic N) is 4. The molecule has 0 aliphatic rings. The number of nitro groups is 1.